The average Bonchev–Trinajstić information content (AvgIpc) is 2.03. The molecule has 1 unspecified atom stereocenters. The largest absolute Gasteiger partial charge is 1.00 e. The van der Waals surface area contributed by atoms with E-state index in [0.717, 1.165) is 4.67 Å². The van der Waals surface area contributed by atoms with Gasteiger partial charge in [-0.2, -0.15) is 0 Å². The smallest absolute Gasteiger partial charge is 0.808 e. The minimum Gasteiger partial charge on any atom is -0.808 e. The van der Waals surface area contributed by atoms with E-state index in [9.17, 15) is 23.8 Å². The molecule has 1 atom stereocenters. The molecular weight excluding hydrogens is 356 g/mol. The molecule has 0 aromatic heterocycles. The van der Waals surface area contributed by atoms with Gasteiger partial charge in [0.1, 0.15) is 7.52 Å². The standard InChI is InChI=1S/C5H13Cl2NO5P2.3Na/c1-3-8(4-2)14(9,10)5(6,7)15(11,12)13;;;/h3-4H2,1-2H3,(H,9,10)(H2,11,12,13);;;/q;3*+1/p-3. The van der Waals surface area contributed by atoms with Gasteiger partial charge in [-0.15, -0.1) is 0 Å². The summed E-state index contributed by atoms with van der Waals surface area (Å²) in [6, 6.07) is 0. The molecular formula is C5H10Cl2NNa3O5P2. The van der Waals surface area contributed by atoms with Crippen molar-refractivity contribution in [3.05, 3.63) is 0 Å². The van der Waals surface area contributed by atoms with Crippen LogP contribution in [0.3, 0.4) is 0 Å². The van der Waals surface area contributed by atoms with Crippen LogP contribution in [0, 0.1) is 0 Å². The summed E-state index contributed by atoms with van der Waals surface area (Å²) in [5.74, 6) is 0. The second kappa shape index (κ2) is 11.4. The second-order valence-electron chi connectivity index (χ2n) is 2.67. The fourth-order valence-corrected chi connectivity index (χ4v) is 4.26. The maximum Gasteiger partial charge on any atom is 1.00 e. The molecule has 0 fully saturated rings. The number of hydrogen-bond acceptors (Lipinski definition) is 5. The molecule has 0 rings (SSSR count). The molecule has 0 aromatic carbocycles. The molecule has 0 amide bonds. The van der Waals surface area contributed by atoms with Gasteiger partial charge in [0.2, 0.25) is 0 Å². The molecule has 13 heteroatoms. The van der Waals surface area contributed by atoms with Gasteiger partial charge in [0.05, 0.1) is 0 Å². The monoisotopic (exact) mass is 365 g/mol. The Kier molecular flexibility index (Phi) is 18.9. The third-order valence-corrected chi connectivity index (χ3v) is 8.44. The van der Waals surface area contributed by atoms with Gasteiger partial charge in [0.15, 0.2) is 3.82 Å². The summed E-state index contributed by atoms with van der Waals surface area (Å²) in [4.78, 5) is 32.9. The van der Waals surface area contributed by atoms with Crippen molar-refractivity contribution >= 4 is 38.3 Å². The summed E-state index contributed by atoms with van der Waals surface area (Å²) in [5.41, 5.74) is 0. The van der Waals surface area contributed by atoms with Gasteiger partial charge in [-0.1, -0.05) is 37.0 Å². The van der Waals surface area contributed by atoms with Crippen molar-refractivity contribution in [3.8, 4) is 0 Å². The summed E-state index contributed by atoms with van der Waals surface area (Å²) in [7, 11) is -10.6. The number of rotatable bonds is 5. The SMILES string of the molecule is CCN(CC)P(=O)([O-])C(Cl)(Cl)P(=O)([O-])[O-].[Na+].[Na+].[Na+]. The molecule has 0 aliphatic rings. The molecule has 0 bridgehead atoms. The van der Waals surface area contributed by atoms with Crippen molar-refractivity contribution in [2.75, 3.05) is 13.1 Å². The minimum absolute atomic E-state index is 0. The fourth-order valence-electron chi connectivity index (χ4n) is 0.921. The zero-order chi connectivity index (χ0) is 12.5. The quantitative estimate of drug-likeness (QED) is 0.272. The van der Waals surface area contributed by atoms with Gasteiger partial charge in [0, 0.05) is 13.1 Å². The zero-order valence-electron chi connectivity index (χ0n) is 11.1. The van der Waals surface area contributed by atoms with Crippen LogP contribution in [0.2, 0.25) is 0 Å². The van der Waals surface area contributed by atoms with Gasteiger partial charge in [-0.05, 0) is 7.60 Å². The Morgan fingerprint density at radius 3 is 1.44 bits per heavy atom. The molecule has 0 aromatic rings. The van der Waals surface area contributed by atoms with Crippen LogP contribution in [-0.4, -0.2) is 21.6 Å². The van der Waals surface area contributed by atoms with E-state index in [1.54, 1.807) is 0 Å². The topological polar surface area (TPSA) is 107 Å². The van der Waals surface area contributed by atoms with Crippen LogP contribution in [0.1, 0.15) is 13.8 Å². The summed E-state index contributed by atoms with van der Waals surface area (Å²) in [5, 5.41) is 0. The van der Waals surface area contributed by atoms with Gasteiger partial charge < -0.3 is 23.8 Å². The first-order valence-corrected chi connectivity index (χ1v) is 7.86. The molecule has 0 aliphatic carbocycles. The summed E-state index contributed by atoms with van der Waals surface area (Å²) in [6.45, 7) is 2.91. The van der Waals surface area contributed by atoms with Crippen LogP contribution in [-0.2, 0) is 9.13 Å². The van der Waals surface area contributed by atoms with E-state index in [1.807, 2.05) is 0 Å². The third-order valence-electron chi connectivity index (χ3n) is 1.77. The van der Waals surface area contributed by atoms with E-state index >= 15 is 0 Å². The van der Waals surface area contributed by atoms with Gasteiger partial charge in [0.25, 0.3) is 0 Å². The van der Waals surface area contributed by atoms with Gasteiger partial charge in [-0.3, -0.25) is 4.67 Å². The first kappa shape index (κ1) is 29.8. The molecule has 0 saturated heterocycles. The van der Waals surface area contributed by atoms with Crippen LogP contribution in [0.25, 0.3) is 0 Å². The Morgan fingerprint density at radius 2 is 1.28 bits per heavy atom. The molecule has 0 radical (unpaired) electrons. The van der Waals surface area contributed by atoms with Crippen LogP contribution in [0.15, 0.2) is 0 Å². The van der Waals surface area contributed by atoms with Gasteiger partial charge in [-0.25, -0.2) is 0 Å². The number of hydrogen-bond donors (Lipinski definition) is 0. The Balaban J connectivity index is -0.000000327. The Labute approximate surface area is 183 Å². The van der Waals surface area contributed by atoms with E-state index < -0.39 is 18.9 Å². The Bertz CT molecular complexity index is 324. The van der Waals surface area contributed by atoms with Crippen molar-refractivity contribution in [2.24, 2.45) is 0 Å². The van der Waals surface area contributed by atoms with E-state index in [2.05, 4.69) is 0 Å². The van der Waals surface area contributed by atoms with Crippen molar-refractivity contribution in [2.45, 2.75) is 17.7 Å². The minimum atomic E-state index is -5.66. The average molecular weight is 366 g/mol. The third kappa shape index (κ3) is 6.97. The zero-order valence-corrected chi connectivity index (χ0v) is 20.4. The molecule has 0 spiro atoms. The molecule has 0 N–H and O–H groups in total. The first-order valence-electron chi connectivity index (χ1n) is 3.98. The molecule has 18 heavy (non-hydrogen) atoms. The van der Waals surface area contributed by atoms with E-state index in [0.29, 0.717) is 0 Å². The maximum absolute atomic E-state index is 11.6. The predicted molar refractivity (Wildman–Crippen MR) is 52.6 cm³/mol. The summed E-state index contributed by atoms with van der Waals surface area (Å²) < 4.78 is 19.6. The number of halogens is 2. The van der Waals surface area contributed by atoms with E-state index in [-0.39, 0.29) is 102 Å². The van der Waals surface area contributed by atoms with Gasteiger partial charge >= 0.3 is 88.7 Å². The summed E-state index contributed by atoms with van der Waals surface area (Å²) >= 11 is 10.2. The fraction of sp³-hybridized carbons (Fsp3) is 1.00. The van der Waals surface area contributed by atoms with Crippen molar-refractivity contribution in [3.63, 3.8) is 0 Å². The molecule has 0 heterocycles. The molecule has 92 valence electrons. The van der Waals surface area contributed by atoms with Crippen molar-refractivity contribution in [1.82, 2.24) is 4.67 Å². The molecule has 0 saturated carbocycles. The molecule has 0 aliphatic heterocycles. The Hall–Kier alpha value is 3.88. The maximum atomic E-state index is 11.6. The van der Waals surface area contributed by atoms with Crippen LogP contribution >= 0.6 is 38.3 Å². The van der Waals surface area contributed by atoms with Crippen LogP contribution in [0.5, 0.6) is 0 Å². The van der Waals surface area contributed by atoms with E-state index in [4.69, 9.17) is 23.2 Å². The Morgan fingerprint density at radius 1 is 1.00 bits per heavy atom. The summed E-state index contributed by atoms with van der Waals surface area (Å²) in [6.07, 6.45) is 0. The van der Waals surface area contributed by atoms with Crippen molar-refractivity contribution < 1.29 is 112 Å². The second-order valence-corrected chi connectivity index (χ2v) is 9.34. The predicted octanol–water partition coefficient (Wildman–Crippen LogP) is -9.10. The number of alkyl halides is 2. The normalized spacial score (nSPS) is 14.9. The van der Waals surface area contributed by atoms with Crippen LogP contribution in [0.4, 0.5) is 0 Å². The van der Waals surface area contributed by atoms with Crippen LogP contribution < -0.4 is 103 Å². The number of nitrogens with zero attached hydrogens (tertiary/aromatic N) is 1. The first-order chi connectivity index (χ1) is 6.52. The van der Waals surface area contributed by atoms with Crippen molar-refractivity contribution in [1.29, 1.82) is 0 Å². The molecule has 6 nitrogen and oxygen atoms in total. The van der Waals surface area contributed by atoms with E-state index in [1.165, 1.54) is 13.8 Å².